The molecular formula is C36H39ClFN5O4Si. The summed E-state index contributed by atoms with van der Waals surface area (Å²) in [5.74, 6) is -0.885. The number of fused-ring (bicyclic) bond motifs is 2. The van der Waals surface area contributed by atoms with Crippen LogP contribution in [0.5, 0.6) is 0 Å². The maximum absolute atomic E-state index is 16.3. The summed E-state index contributed by atoms with van der Waals surface area (Å²) < 4.78 is 24.9. The lowest BCUT2D eigenvalue weighted by atomic mass is 9.82. The molecule has 2 saturated heterocycles. The number of halogens is 2. The van der Waals surface area contributed by atoms with E-state index in [1.54, 1.807) is 39.7 Å². The van der Waals surface area contributed by atoms with Crippen LogP contribution in [0.15, 0.2) is 79.0 Å². The van der Waals surface area contributed by atoms with Crippen LogP contribution in [-0.4, -0.2) is 59.6 Å². The van der Waals surface area contributed by atoms with E-state index in [2.05, 4.69) is 10.3 Å². The number of carbonyl (C=O) groups is 2. The Hall–Kier alpha value is -3.90. The summed E-state index contributed by atoms with van der Waals surface area (Å²) in [5, 5.41) is 19.3. The molecule has 1 spiro atoms. The highest BCUT2D eigenvalue weighted by atomic mass is 35.5. The quantitative estimate of drug-likeness (QED) is 0.121. The minimum Gasteiger partial charge on any atom is -0.395 e. The normalized spacial score (nSPS) is 24.3. The molecule has 1 unspecified atom stereocenters. The van der Waals surface area contributed by atoms with Gasteiger partial charge < -0.3 is 23.8 Å². The zero-order valence-electron chi connectivity index (χ0n) is 27.2. The van der Waals surface area contributed by atoms with E-state index < -0.39 is 31.6 Å². The number of aryl methyl sites for hydroxylation is 1. The van der Waals surface area contributed by atoms with Gasteiger partial charge in [-0.15, -0.1) is 5.10 Å². The Labute approximate surface area is 285 Å². The fourth-order valence-electron chi connectivity index (χ4n) is 7.90. The second-order valence-electron chi connectivity index (χ2n) is 13.6. The van der Waals surface area contributed by atoms with Crippen LogP contribution >= 0.6 is 11.6 Å². The number of anilines is 2. The van der Waals surface area contributed by atoms with Crippen molar-refractivity contribution in [1.29, 1.82) is 0 Å². The van der Waals surface area contributed by atoms with Gasteiger partial charge in [0, 0.05) is 53.4 Å². The van der Waals surface area contributed by atoms with Gasteiger partial charge in [0.25, 0.3) is 5.91 Å². The molecule has 4 aromatic rings. The van der Waals surface area contributed by atoms with E-state index in [0.717, 1.165) is 16.8 Å². The van der Waals surface area contributed by atoms with E-state index in [9.17, 15) is 14.7 Å². The lowest BCUT2D eigenvalue weighted by Crippen LogP contribution is -2.45. The molecule has 3 aromatic carbocycles. The fourth-order valence-corrected chi connectivity index (χ4v) is 10.6. The molecule has 2 fully saturated rings. The predicted molar refractivity (Wildman–Crippen MR) is 184 cm³/mol. The van der Waals surface area contributed by atoms with Crippen LogP contribution < -0.4 is 9.80 Å². The highest BCUT2D eigenvalue weighted by Gasteiger charge is 2.66. The van der Waals surface area contributed by atoms with Gasteiger partial charge >= 0.3 is 0 Å². The molecule has 1 aromatic heterocycles. The van der Waals surface area contributed by atoms with Gasteiger partial charge in [-0.3, -0.25) is 14.3 Å². The summed E-state index contributed by atoms with van der Waals surface area (Å²) in [6.07, 6.45) is 2.25. The molecule has 4 heterocycles. The Balaban J connectivity index is 1.16. The lowest BCUT2D eigenvalue weighted by Gasteiger charge is -2.31. The van der Waals surface area contributed by atoms with Gasteiger partial charge in [-0.05, 0) is 61.0 Å². The number of carbonyl (C=O) groups excluding carboxylic acids is 2. The molecule has 1 N–H and O–H groups in total. The molecule has 9 nitrogen and oxygen atoms in total. The molecule has 0 saturated carbocycles. The Kier molecular flexibility index (Phi) is 8.51. The first-order chi connectivity index (χ1) is 23.0. The van der Waals surface area contributed by atoms with Gasteiger partial charge in [0.15, 0.2) is 5.60 Å². The summed E-state index contributed by atoms with van der Waals surface area (Å²) in [7, 11) is -3.37. The van der Waals surface area contributed by atoms with Crippen LogP contribution in [0.1, 0.15) is 48.1 Å². The second-order valence-corrected chi connectivity index (χ2v) is 17.9. The first-order valence-corrected chi connectivity index (χ1v) is 19.8. The third-order valence-corrected chi connectivity index (χ3v) is 13.0. The number of hydrogen-bond donors (Lipinski definition) is 1. The fraction of sp³-hybridized carbons (Fsp3) is 0.389. The van der Waals surface area contributed by atoms with Gasteiger partial charge in [-0.2, -0.15) is 0 Å². The molecule has 5 atom stereocenters. The molecule has 0 aliphatic carbocycles. The highest BCUT2D eigenvalue weighted by molar-refractivity contribution is 6.72. The Bertz CT molecular complexity index is 1830. The van der Waals surface area contributed by atoms with Gasteiger partial charge in [-0.25, -0.2) is 0 Å². The number of amides is 2. The summed E-state index contributed by atoms with van der Waals surface area (Å²) in [4.78, 5) is 30.1. The third kappa shape index (κ3) is 5.56. The number of aromatic nitrogens is 3. The summed E-state index contributed by atoms with van der Waals surface area (Å²) >= 11 is 6.54. The monoisotopic (exact) mass is 687 g/mol. The topological polar surface area (TPSA) is 101 Å². The van der Waals surface area contributed by atoms with Crippen molar-refractivity contribution < 1.29 is 23.5 Å². The van der Waals surface area contributed by atoms with Crippen LogP contribution in [0.4, 0.5) is 15.5 Å². The number of hydrogen-bond acceptors (Lipinski definition) is 6. The highest BCUT2D eigenvalue weighted by Crippen LogP contribution is 2.60. The number of aliphatic hydroxyl groups excluding tert-OH is 1. The first kappa shape index (κ1) is 32.6. The van der Waals surface area contributed by atoms with Crippen molar-refractivity contribution in [3.8, 4) is 0 Å². The van der Waals surface area contributed by atoms with Crippen molar-refractivity contribution in [3.05, 3.63) is 106 Å². The van der Waals surface area contributed by atoms with Gasteiger partial charge in [-0.1, -0.05) is 66.2 Å². The summed E-state index contributed by atoms with van der Waals surface area (Å²) in [5.41, 5.74) is 2.83. The average Bonchev–Trinajstić information content (AvgIpc) is 3.71. The SMILES string of the molecule is C[C@@H]1[C@@H]([Si](C)(C)F)[C@H](CCn2cc(C(CO)c3ccccc3)nn2)O[C@@]12C(=O)N(Cc1ccc(N3CCC3=O)cc1)c1ccc(Cl)cc12. The second kappa shape index (κ2) is 12.5. The van der Waals surface area contributed by atoms with E-state index in [1.165, 1.54) is 0 Å². The zero-order valence-corrected chi connectivity index (χ0v) is 29.0. The van der Waals surface area contributed by atoms with Crippen LogP contribution in [0.2, 0.25) is 23.7 Å². The van der Waals surface area contributed by atoms with Crippen LogP contribution in [-0.2, 0) is 33.0 Å². The number of rotatable bonds is 10. The first-order valence-electron chi connectivity index (χ1n) is 16.4. The van der Waals surface area contributed by atoms with E-state index >= 15 is 4.11 Å². The van der Waals surface area contributed by atoms with Gasteiger partial charge in [0.1, 0.15) is 0 Å². The summed E-state index contributed by atoms with van der Waals surface area (Å²) in [6.45, 7) is 6.60. The molecule has 0 bridgehead atoms. The molecule has 7 rings (SSSR count). The number of β-lactam (4-membered cyclic amide) rings is 1. The number of benzene rings is 3. The standard InChI is InChI=1S/C36H39ClFN5O4Si/c1-23-34(48(2,3)38)32(15-17-41-21-30(39-40-41)28(22-44)25-7-5-4-6-8-25)47-36(23)29-19-26(37)11-14-31(29)43(35(36)46)20-24-9-12-27(13-10-24)42-18-16-33(42)45/h4-14,19,21,23,28,32,34,44H,15-18,20,22H2,1-3H3/t23-,28?,32+,34-,36+/m1/s1. The van der Waals surface area contributed by atoms with Crippen LogP contribution in [0.25, 0.3) is 0 Å². The number of nitrogens with zero attached hydrogens (tertiary/aromatic N) is 5. The molecule has 12 heteroatoms. The minimum absolute atomic E-state index is 0.104. The van der Waals surface area contributed by atoms with Crippen molar-refractivity contribution in [3.63, 3.8) is 0 Å². The third-order valence-electron chi connectivity index (χ3n) is 10.3. The van der Waals surface area contributed by atoms with E-state index in [4.69, 9.17) is 16.3 Å². The van der Waals surface area contributed by atoms with Crippen molar-refractivity contribution >= 4 is 43.2 Å². The Morgan fingerprint density at radius 2 is 1.85 bits per heavy atom. The molecule has 3 aliphatic heterocycles. The predicted octanol–water partition coefficient (Wildman–Crippen LogP) is 6.20. The van der Waals surface area contributed by atoms with Crippen molar-refractivity contribution in [1.82, 2.24) is 15.0 Å². The maximum atomic E-state index is 16.3. The summed E-state index contributed by atoms with van der Waals surface area (Å²) in [6, 6.07) is 22.7. The maximum Gasteiger partial charge on any atom is 0.264 e. The smallest absolute Gasteiger partial charge is 0.264 e. The lowest BCUT2D eigenvalue weighted by molar-refractivity contribution is -0.146. The van der Waals surface area contributed by atoms with Crippen molar-refractivity contribution in [2.24, 2.45) is 5.92 Å². The molecule has 250 valence electrons. The minimum atomic E-state index is -3.37. The Morgan fingerprint density at radius 3 is 2.50 bits per heavy atom. The van der Waals surface area contributed by atoms with Crippen LogP contribution in [0, 0.1) is 5.92 Å². The average molecular weight is 688 g/mol. The van der Waals surface area contributed by atoms with Gasteiger partial charge in [0.2, 0.25) is 14.3 Å². The van der Waals surface area contributed by atoms with Crippen LogP contribution in [0.3, 0.4) is 0 Å². The van der Waals surface area contributed by atoms with E-state index in [1.807, 2.05) is 73.8 Å². The molecule has 0 radical (unpaired) electrons. The van der Waals surface area contributed by atoms with Gasteiger partial charge in [0.05, 0.1) is 36.6 Å². The molecule has 2 amide bonds. The van der Waals surface area contributed by atoms with Crippen molar-refractivity contribution in [2.45, 2.75) is 69.1 Å². The zero-order chi connectivity index (χ0) is 33.8. The molecule has 3 aliphatic rings. The number of aliphatic hydroxyl groups is 1. The van der Waals surface area contributed by atoms with E-state index in [0.29, 0.717) is 54.4 Å². The number of ether oxygens (including phenoxy) is 1. The van der Waals surface area contributed by atoms with E-state index in [-0.39, 0.29) is 24.3 Å². The van der Waals surface area contributed by atoms with Crippen molar-refractivity contribution in [2.75, 3.05) is 23.0 Å². The largest absolute Gasteiger partial charge is 0.395 e. The molecule has 48 heavy (non-hydrogen) atoms. The molecular weight excluding hydrogens is 649 g/mol. The Morgan fingerprint density at radius 1 is 1.10 bits per heavy atom.